The van der Waals surface area contributed by atoms with Crippen LogP contribution in [0.15, 0.2) is 58.4 Å². The lowest BCUT2D eigenvalue weighted by Gasteiger charge is -2.34. The average molecular weight is 520 g/mol. The summed E-state index contributed by atoms with van der Waals surface area (Å²) in [5.74, 6) is 1.34. The standard InChI is InChI=1S/C27H34N8O3/c1-4-20(22-15-18(16-38-22)17(2)3)32-24(28)25(29)33-21-8-5-7-19(23(21)36)26(37)34-11-13-35(14-12-34)27-30-9-6-10-31-27/h5-10,15-17,20,36H,4,11-14H2,1-3H3,(H2,28,32)(H2,29,33)/p+1/t20-/m1/s1. The number of phenols is 1. The molecule has 0 unspecified atom stereocenters. The van der Waals surface area contributed by atoms with Gasteiger partial charge in [0.2, 0.25) is 11.8 Å². The molecule has 0 bridgehead atoms. The molecule has 1 aromatic carbocycles. The molecule has 38 heavy (non-hydrogen) atoms. The molecule has 11 heteroatoms. The van der Waals surface area contributed by atoms with E-state index in [1.165, 1.54) is 0 Å². The number of nitrogens with one attached hydrogen (secondary N) is 1. The van der Waals surface area contributed by atoms with Crippen molar-refractivity contribution in [3.05, 3.63) is 65.9 Å². The van der Waals surface area contributed by atoms with Crippen molar-refractivity contribution < 1.29 is 19.3 Å². The molecule has 1 saturated heterocycles. The summed E-state index contributed by atoms with van der Waals surface area (Å²) in [6.07, 6.45) is 5.83. The van der Waals surface area contributed by atoms with Gasteiger partial charge in [0.05, 0.1) is 11.8 Å². The van der Waals surface area contributed by atoms with E-state index in [-0.39, 0.29) is 40.6 Å². The maximum atomic E-state index is 13.2. The number of rotatable bonds is 7. The van der Waals surface area contributed by atoms with Crippen molar-refractivity contribution in [1.82, 2.24) is 14.9 Å². The summed E-state index contributed by atoms with van der Waals surface area (Å²) < 4.78 is 5.72. The van der Waals surface area contributed by atoms with Gasteiger partial charge in [0.15, 0.2) is 11.8 Å². The van der Waals surface area contributed by atoms with Crippen molar-refractivity contribution >= 4 is 29.2 Å². The topological polar surface area (TPSA) is 161 Å². The molecule has 4 rings (SSSR count). The summed E-state index contributed by atoms with van der Waals surface area (Å²) >= 11 is 0. The Morgan fingerprint density at radius 1 is 1.16 bits per heavy atom. The molecule has 6 N–H and O–H groups in total. The summed E-state index contributed by atoms with van der Waals surface area (Å²) in [6.45, 7) is 8.32. The number of phenolic OH excluding ortho intramolecular Hbond substituents is 1. The third-order valence-electron chi connectivity index (χ3n) is 6.55. The molecule has 0 radical (unpaired) electrons. The highest BCUT2D eigenvalue weighted by atomic mass is 16.3. The molecule has 1 fully saturated rings. The van der Waals surface area contributed by atoms with Crippen molar-refractivity contribution in [3.8, 4) is 5.75 Å². The molecule has 0 saturated carbocycles. The SMILES string of the molecule is CC[C@@H]([NH+]=C(N)C(N)=Nc1cccc(C(=O)N2CCN(c3ncccn3)CC2)c1O)c1cc(C(C)C)co1. The number of para-hydroxylation sites is 1. The number of benzene rings is 1. The summed E-state index contributed by atoms with van der Waals surface area (Å²) in [5.41, 5.74) is 13.8. The number of carbonyl (C=O) groups is 1. The van der Waals surface area contributed by atoms with Gasteiger partial charge in [-0.3, -0.25) is 15.5 Å². The Balaban J connectivity index is 1.47. The molecular weight excluding hydrogens is 484 g/mol. The van der Waals surface area contributed by atoms with Crippen LogP contribution in [-0.2, 0) is 0 Å². The number of nitrogens with two attached hydrogens (primary N) is 2. The zero-order valence-electron chi connectivity index (χ0n) is 22.0. The molecule has 2 aromatic heterocycles. The Labute approximate surface area is 221 Å². The first kappa shape index (κ1) is 26.6. The third-order valence-corrected chi connectivity index (χ3v) is 6.55. The van der Waals surface area contributed by atoms with Gasteiger partial charge in [-0.2, -0.15) is 0 Å². The van der Waals surface area contributed by atoms with Crippen LogP contribution in [0.5, 0.6) is 5.75 Å². The monoisotopic (exact) mass is 519 g/mol. The average Bonchev–Trinajstić information content (AvgIpc) is 3.43. The van der Waals surface area contributed by atoms with E-state index >= 15 is 0 Å². The number of aliphatic imine (C=N–C) groups is 1. The van der Waals surface area contributed by atoms with Crippen LogP contribution in [0.4, 0.5) is 11.6 Å². The van der Waals surface area contributed by atoms with Gasteiger partial charge in [-0.25, -0.2) is 15.0 Å². The third kappa shape index (κ3) is 5.93. The number of aromatic nitrogens is 2. The lowest BCUT2D eigenvalue weighted by molar-refractivity contribution is -0.512. The van der Waals surface area contributed by atoms with Crippen molar-refractivity contribution in [2.45, 2.75) is 39.2 Å². The van der Waals surface area contributed by atoms with E-state index in [9.17, 15) is 9.90 Å². The first-order valence-corrected chi connectivity index (χ1v) is 12.7. The van der Waals surface area contributed by atoms with Gasteiger partial charge in [-0.15, -0.1) is 0 Å². The summed E-state index contributed by atoms with van der Waals surface area (Å²) in [7, 11) is 0. The highest BCUT2D eigenvalue weighted by molar-refractivity contribution is 6.37. The van der Waals surface area contributed by atoms with Crippen LogP contribution in [0.25, 0.3) is 0 Å². The zero-order valence-corrected chi connectivity index (χ0v) is 22.0. The molecule has 3 heterocycles. The maximum Gasteiger partial charge on any atom is 0.309 e. The Morgan fingerprint density at radius 3 is 2.50 bits per heavy atom. The van der Waals surface area contributed by atoms with Crippen molar-refractivity contribution in [2.75, 3.05) is 31.1 Å². The van der Waals surface area contributed by atoms with E-state index in [4.69, 9.17) is 15.9 Å². The number of amidine groups is 2. The van der Waals surface area contributed by atoms with Gasteiger partial charge < -0.3 is 25.1 Å². The van der Waals surface area contributed by atoms with E-state index in [0.717, 1.165) is 11.3 Å². The van der Waals surface area contributed by atoms with Gasteiger partial charge in [0, 0.05) is 38.6 Å². The zero-order chi connectivity index (χ0) is 27.2. The summed E-state index contributed by atoms with van der Waals surface area (Å²) in [6, 6.07) is 8.37. The van der Waals surface area contributed by atoms with Gasteiger partial charge in [-0.05, 0) is 42.2 Å². The number of hydrogen-bond donors (Lipinski definition) is 4. The molecule has 1 atom stereocenters. The molecule has 0 spiro atoms. The Kier molecular flexibility index (Phi) is 8.25. The fraction of sp³-hybridized carbons (Fsp3) is 0.370. The normalized spacial score (nSPS) is 15.7. The summed E-state index contributed by atoms with van der Waals surface area (Å²) in [5, 5.41) is 10.9. The lowest BCUT2D eigenvalue weighted by Crippen LogP contribution is -2.79. The fourth-order valence-corrected chi connectivity index (χ4v) is 4.21. The first-order valence-electron chi connectivity index (χ1n) is 12.7. The smallest absolute Gasteiger partial charge is 0.309 e. The van der Waals surface area contributed by atoms with E-state index in [1.807, 2.05) is 17.9 Å². The van der Waals surface area contributed by atoms with Crippen LogP contribution in [0, 0.1) is 0 Å². The largest absolute Gasteiger partial charge is 0.505 e. The van der Waals surface area contributed by atoms with Crippen molar-refractivity contribution in [1.29, 1.82) is 0 Å². The Hall–Kier alpha value is -4.41. The van der Waals surface area contributed by atoms with Gasteiger partial charge in [0.1, 0.15) is 11.4 Å². The predicted molar refractivity (Wildman–Crippen MR) is 146 cm³/mol. The molecule has 1 aliphatic rings. The Bertz CT molecular complexity index is 1310. The quantitative estimate of drug-likeness (QED) is 0.269. The van der Waals surface area contributed by atoms with E-state index in [2.05, 4.69) is 33.8 Å². The minimum Gasteiger partial charge on any atom is -0.505 e. The van der Waals surface area contributed by atoms with E-state index in [0.29, 0.717) is 44.5 Å². The summed E-state index contributed by atoms with van der Waals surface area (Å²) in [4.78, 5) is 32.9. The van der Waals surface area contributed by atoms with E-state index < -0.39 is 0 Å². The number of aromatic hydroxyl groups is 1. The maximum absolute atomic E-state index is 13.2. The highest BCUT2D eigenvalue weighted by Gasteiger charge is 2.26. The Morgan fingerprint density at radius 2 is 1.87 bits per heavy atom. The second-order valence-corrected chi connectivity index (χ2v) is 9.45. The van der Waals surface area contributed by atoms with Crippen molar-refractivity contribution in [2.24, 2.45) is 16.5 Å². The molecule has 11 nitrogen and oxygen atoms in total. The second kappa shape index (κ2) is 11.8. The van der Waals surface area contributed by atoms with Crippen LogP contribution in [-0.4, -0.2) is 63.7 Å². The minimum absolute atomic E-state index is 0.00420. The number of nitrogens with zero attached hydrogens (tertiary/aromatic N) is 5. The lowest BCUT2D eigenvalue weighted by atomic mass is 10.1. The van der Waals surface area contributed by atoms with Crippen LogP contribution in [0.2, 0.25) is 0 Å². The minimum atomic E-state index is -0.286. The van der Waals surface area contributed by atoms with Crippen LogP contribution < -0.4 is 21.4 Å². The number of anilines is 1. The van der Waals surface area contributed by atoms with Crippen LogP contribution in [0.1, 0.15) is 60.8 Å². The highest BCUT2D eigenvalue weighted by Crippen LogP contribution is 2.31. The van der Waals surface area contributed by atoms with Crippen LogP contribution >= 0.6 is 0 Å². The number of piperazine rings is 1. The van der Waals surface area contributed by atoms with Crippen LogP contribution in [0.3, 0.4) is 0 Å². The first-order chi connectivity index (χ1) is 18.3. The predicted octanol–water partition coefficient (Wildman–Crippen LogP) is 1.44. The second-order valence-electron chi connectivity index (χ2n) is 9.45. The number of carbonyl (C=O) groups excluding carboxylic acids is 1. The number of furan rings is 1. The number of hydrogen-bond acceptors (Lipinski definition) is 7. The molecule has 1 amide bonds. The molecule has 1 aliphatic heterocycles. The van der Waals surface area contributed by atoms with Crippen molar-refractivity contribution in [3.63, 3.8) is 0 Å². The van der Waals surface area contributed by atoms with E-state index in [1.54, 1.807) is 47.8 Å². The molecule has 0 aliphatic carbocycles. The fourth-order valence-electron chi connectivity index (χ4n) is 4.21. The van der Waals surface area contributed by atoms with Gasteiger partial charge >= 0.3 is 5.84 Å². The van der Waals surface area contributed by atoms with Gasteiger partial charge in [0.25, 0.3) is 5.91 Å². The molecular formula is C27H35N8O3+. The molecule has 200 valence electrons. The molecule has 3 aromatic rings. The number of amides is 1. The van der Waals surface area contributed by atoms with Gasteiger partial charge in [-0.1, -0.05) is 26.8 Å².